The molecule has 2 heterocycles. The summed E-state index contributed by atoms with van der Waals surface area (Å²) in [6.07, 6.45) is 3.78. The van der Waals surface area contributed by atoms with Gasteiger partial charge in [-0.1, -0.05) is 30.3 Å². The first kappa shape index (κ1) is 13.4. The quantitative estimate of drug-likeness (QED) is 0.819. The van der Waals surface area contributed by atoms with E-state index in [2.05, 4.69) is 4.98 Å². The molecule has 1 aromatic carbocycles. The fourth-order valence-corrected chi connectivity index (χ4v) is 3.52. The van der Waals surface area contributed by atoms with Crippen LogP contribution in [-0.4, -0.2) is 34.7 Å². The van der Waals surface area contributed by atoms with Crippen molar-refractivity contribution in [2.75, 3.05) is 13.1 Å². The maximum absolute atomic E-state index is 12.7. The Morgan fingerprint density at radius 1 is 1.18 bits per heavy atom. The minimum absolute atomic E-state index is 0.0673. The van der Waals surface area contributed by atoms with Gasteiger partial charge in [0.1, 0.15) is 5.69 Å². The van der Waals surface area contributed by atoms with Crippen LogP contribution in [0.2, 0.25) is 0 Å². The number of thiazole rings is 1. The Labute approximate surface area is 132 Å². The fraction of sp³-hybridized carbons (Fsp3) is 0.235. The number of amides is 1. The smallest absolute Gasteiger partial charge is 0.273 e. The van der Waals surface area contributed by atoms with Crippen molar-refractivity contribution in [2.24, 2.45) is 0 Å². The number of benzene rings is 1. The highest BCUT2D eigenvalue weighted by atomic mass is 32.1. The predicted molar refractivity (Wildman–Crippen MR) is 85.1 cm³/mol. The van der Waals surface area contributed by atoms with Gasteiger partial charge in [0.25, 0.3) is 5.91 Å². The minimum atomic E-state index is -0.0855. The molecule has 0 saturated carbocycles. The predicted octanol–water partition coefficient (Wildman–Crippen LogP) is 2.81. The number of rotatable bonds is 3. The first-order chi connectivity index (χ1) is 10.7. The molecule has 0 spiro atoms. The second-order valence-corrected chi connectivity index (χ2v) is 6.35. The van der Waals surface area contributed by atoms with Crippen molar-refractivity contribution in [1.82, 2.24) is 9.88 Å². The van der Waals surface area contributed by atoms with Gasteiger partial charge in [0.2, 0.25) is 5.78 Å². The Kier molecular flexibility index (Phi) is 3.15. The van der Waals surface area contributed by atoms with Gasteiger partial charge in [-0.05, 0) is 24.0 Å². The number of allylic oxidation sites excluding steroid dienone is 2. The van der Waals surface area contributed by atoms with Gasteiger partial charge >= 0.3 is 0 Å². The molecule has 4 rings (SSSR count). The number of nitrogens with zero attached hydrogens (tertiary/aromatic N) is 2. The van der Waals surface area contributed by atoms with Crippen molar-refractivity contribution in [3.8, 4) is 0 Å². The minimum Gasteiger partial charge on any atom is -0.337 e. The standard InChI is InChI=1S/C17H14N2O2S/c20-15(13-7-6-11-4-1-2-5-12(11)13)16-18-14(10-22-16)17(21)19-8-3-9-19/h1-2,4-5,7,10H,3,6,8-9H2. The first-order valence-electron chi connectivity index (χ1n) is 7.32. The van der Waals surface area contributed by atoms with E-state index in [1.165, 1.54) is 16.9 Å². The van der Waals surface area contributed by atoms with Crippen LogP contribution in [0.3, 0.4) is 0 Å². The lowest BCUT2D eigenvalue weighted by molar-refractivity contribution is 0.0646. The Morgan fingerprint density at radius 2 is 2.00 bits per heavy atom. The van der Waals surface area contributed by atoms with E-state index in [1.54, 1.807) is 10.3 Å². The number of fused-ring (bicyclic) bond motifs is 1. The number of hydrogen-bond donors (Lipinski definition) is 0. The molecule has 2 aromatic rings. The summed E-state index contributed by atoms with van der Waals surface area (Å²) < 4.78 is 0. The average Bonchev–Trinajstić information content (AvgIpc) is 3.12. The zero-order valence-electron chi connectivity index (χ0n) is 11.9. The molecule has 22 heavy (non-hydrogen) atoms. The van der Waals surface area contributed by atoms with Crippen LogP contribution in [-0.2, 0) is 6.42 Å². The third-order valence-corrected chi connectivity index (χ3v) is 4.98. The Morgan fingerprint density at radius 3 is 2.77 bits per heavy atom. The van der Waals surface area contributed by atoms with Gasteiger partial charge in [-0.3, -0.25) is 9.59 Å². The molecular formula is C17H14N2O2S. The van der Waals surface area contributed by atoms with E-state index < -0.39 is 0 Å². The molecule has 0 radical (unpaired) electrons. The van der Waals surface area contributed by atoms with E-state index in [1.807, 2.05) is 30.3 Å². The molecule has 1 fully saturated rings. The Hall–Kier alpha value is -2.27. The molecule has 110 valence electrons. The second kappa shape index (κ2) is 5.18. The van der Waals surface area contributed by atoms with Crippen molar-refractivity contribution < 1.29 is 9.59 Å². The van der Waals surface area contributed by atoms with Crippen molar-refractivity contribution >= 4 is 28.6 Å². The van der Waals surface area contributed by atoms with Gasteiger partial charge in [-0.25, -0.2) is 4.98 Å². The molecule has 1 amide bonds. The van der Waals surface area contributed by atoms with Crippen LogP contribution in [0.4, 0.5) is 0 Å². The third-order valence-electron chi connectivity index (χ3n) is 4.14. The summed E-state index contributed by atoms with van der Waals surface area (Å²) in [5, 5.41) is 2.08. The normalized spacial score (nSPS) is 16.0. The molecule has 0 unspecified atom stereocenters. The van der Waals surface area contributed by atoms with Gasteiger partial charge in [0.15, 0.2) is 5.01 Å². The third kappa shape index (κ3) is 2.09. The number of likely N-dealkylation sites (tertiary alicyclic amines) is 1. The fourth-order valence-electron chi connectivity index (χ4n) is 2.77. The zero-order valence-corrected chi connectivity index (χ0v) is 12.7. The van der Waals surface area contributed by atoms with Crippen LogP contribution in [0.25, 0.3) is 5.57 Å². The van der Waals surface area contributed by atoms with E-state index in [9.17, 15) is 9.59 Å². The van der Waals surface area contributed by atoms with Crippen molar-refractivity contribution in [3.05, 3.63) is 57.6 Å². The SMILES string of the molecule is O=C(C1=CCc2ccccc21)c1nc(C(=O)N2CCC2)cs1. The molecule has 0 N–H and O–H groups in total. The van der Waals surface area contributed by atoms with Crippen LogP contribution in [0.1, 0.15) is 37.8 Å². The van der Waals surface area contributed by atoms with E-state index in [0.717, 1.165) is 31.5 Å². The number of Topliss-reactive ketones (excluding diaryl/α,β-unsaturated/α-hetero) is 1. The highest BCUT2D eigenvalue weighted by Gasteiger charge is 2.27. The lowest BCUT2D eigenvalue weighted by atomic mass is 10.0. The largest absolute Gasteiger partial charge is 0.337 e. The lowest BCUT2D eigenvalue weighted by Gasteiger charge is -2.29. The Bertz CT molecular complexity index is 802. The topological polar surface area (TPSA) is 50.3 Å². The highest BCUT2D eigenvalue weighted by Crippen LogP contribution is 2.30. The molecule has 4 nitrogen and oxygen atoms in total. The molecule has 1 saturated heterocycles. The monoisotopic (exact) mass is 310 g/mol. The molecule has 1 aromatic heterocycles. The number of carbonyl (C=O) groups excluding carboxylic acids is 2. The van der Waals surface area contributed by atoms with Gasteiger partial charge in [-0.2, -0.15) is 0 Å². The molecular weight excluding hydrogens is 296 g/mol. The van der Waals surface area contributed by atoms with Crippen molar-refractivity contribution in [2.45, 2.75) is 12.8 Å². The van der Waals surface area contributed by atoms with Crippen LogP contribution >= 0.6 is 11.3 Å². The summed E-state index contributed by atoms with van der Waals surface area (Å²) in [6, 6.07) is 7.91. The average molecular weight is 310 g/mol. The molecule has 2 aliphatic rings. The van der Waals surface area contributed by atoms with E-state index in [0.29, 0.717) is 16.3 Å². The number of carbonyl (C=O) groups is 2. The molecule has 0 atom stereocenters. The van der Waals surface area contributed by atoms with Gasteiger partial charge in [0, 0.05) is 24.0 Å². The summed E-state index contributed by atoms with van der Waals surface area (Å²) in [5.41, 5.74) is 3.24. The van der Waals surface area contributed by atoms with Crippen LogP contribution in [0.5, 0.6) is 0 Å². The van der Waals surface area contributed by atoms with Crippen LogP contribution in [0, 0.1) is 0 Å². The van der Waals surface area contributed by atoms with Gasteiger partial charge in [-0.15, -0.1) is 11.3 Å². The summed E-state index contributed by atoms with van der Waals surface area (Å²) in [4.78, 5) is 30.8. The first-order valence-corrected chi connectivity index (χ1v) is 8.20. The van der Waals surface area contributed by atoms with Gasteiger partial charge < -0.3 is 4.90 Å². The summed E-state index contributed by atoms with van der Waals surface area (Å²) in [7, 11) is 0. The van der Waals surface area contributed by atoms with Crippen LogP contribution < -0.4 is 0 Å². The number of hydrogen-bond acceptors (Lipinski definition) is 4. The Balaban J connectivity index is 1.59. The van der Waals surface area contributed by atoms with Crippen molar-refractivity contribution in [1.29, 1.82) is 0 Å². The van der Waals surface area contributed by atoms with Crippen molar-refractivity contribution in [3.63, 3.8) is 0 Å². The maximum atomic E-state index is 12.7. The molecule has 0 bridgehead atoms. The lowest BCUT2D eigenvalue weighted by Crippen LogP contribution is -2.42. The summed E-state index contributed by atoms with van der Waals surface area (Å²) >= 11 is 1.25. The summed E-state index contributed by atoms with van der Waals surface area (Å²) in [5.74, 6) is -0.153. The molecule has 1 aliphatic carbocycles. The van der Waals surface area contributed by atoms with E-state index in [4.69, 9.17) is 0 Å². The number of aromatic nitrogens is 1. The zero-order chi connectivity index (χ0) is 15.1. The molecule has 1 aliphatic heterocycles. The molecule has 5 heteroatoms. The summed E-state index contributed by atoms with van der Waals surface area (Å²) in [6.45, 7) is 1.58. The maximum Gasteiger partial charge on any atom is 0.273 e. The van der Waals surface area contributed by atoms with Gasteiger partial charge in [0.05, 0.1) is 0 Å². The van der Waals surface area contributed by atoms with E-state index in [-0.39, 0.29) is 11.7 Å². The van der Waals surface area contributed by atoms with Crippen LogP contribution in [0.15, 0.2) is 35.7 Å². The second-order valence-electron chi connectivity index (χ2n) is 5.49. The van der Waals surface area contributed by atoms with E-state index >= 15 is 0 Å². The number of ketones is 1. The highest BCUT2D eigenvalue weighted by molar-refractivity contribution is 7.12.